The highest BCUT2D eigenvalue weighted by Gasteiger charge is 2.40. The van der Waals surface area contributed by atoms with Crippen molar-refractivity contribution in [2.24, 2.45) is 11.8 Å². The van der Waals surface area contributed by atoms with Crippen LogP contribution in [0.4, 0.5) is 11.8 Å². The van der Waals surface area contributed by atoms with Crippen molar-refractivity contribution in [3.05, 3.63) is 36.0 Å². The van der Waals surface area contributed by atoms with Crippen LogP contribution in [0.1, 0.15) is 32.0 Å². The molecule has 28 heavy (non-hydrogen) atoms. The van der Waals surface area contributed by atoms with Crippen molar-refractivity contribution in [1.82, 2.24) is 24.8 Å². The minimum absolute atomic E-state index is 0.0499. The molecule has 2 saturated heterocycles. The first-order valence-corrected chi connectivity index (χ1v) is 10.1. The molecule has 2 aliphatic rings. The minimum Gasteiger partial charge on any atom is -0.356 e. The molecule has 2 fully saturated rings. The smallest absolute Gasteiger partial charge is 0.224 e. The van der Waals surface area contributed by atoms with E-state index in [1.807, 2.05) is 31.4 Å². The van der Waals surface area contributed by atoms with Crippen LogP contribution in [0.3, 0.4) is 0 Å². The fourth-order valence-corrected chi connectivity index (χ4v) is 4.26. The second kappa shape index (κ2) is 7.28. The quantitative estimate of drug-likeness (QED) is 0.804. The van der Waals surface area contributed by atoms with E-state index in [4.69, 9.17) is 0 Å². The van der Waals surface area contributed by atoms with Gasteiger partial charge in [0.05, 0.1) is 5.69 Å². The van der Waals surface area contributed by atoms with Crippen LogP contribution in [-0.4, -0.2) is 65.1 Å². The first-order valence-electron chi connectivity index (χ1n) is 10.1. The number of aromatic nitrogens is 4. The summed E-state index contributed by atoms with van der Waals surface area (Å²) in [6.07, 6.45) is 5.63. The number of rotatable bonds is 4. The predicted molar refractivity (Wildman–Crippen MR) is 112 cm³/mol. The largest absolute Gasteiger partial charge is 0.356 e. The Balaban J connectivity index is 1.36. The summed E-state index contributed by atoms with van der Waals surface area (Å²) in [5.41, 5.74) is 2.35. The van der Waals surface area contributed by atoms with Gasteiger partial charge in [-0.2, -0.15) is 0 Å². The van der Waals surface area contributed by atoms with Crippen molar-refractivity contribution in [2.75, 3.05) is 50.1 Å². The molecule has 0 spiro atoms. The average molecular weight is 382 g/mol. The van der Waals surface area contributed by atoms with Crippen LogP contribution in [0, 0.1) is 11.8 Å². The molecule has 7 nitrogen and oxygen atoms in total. The van der Waals surface area contributed by atoms with Gasteiger partial charge in [0, 0.05) is 76.3 Å². The monoisotopic (exact) mass is 381 g/mol. The summed E-state index contributed by atoms with van der Waals surface area (Å²) in [4.78, 5) is 24.8. The molecule has 4 rings (SSSR count). The minimum atomic E-state index is 0.0499. The molecule has 0 bridgehead atoms. The van der Waals surface area contributed by atoms with Crippen molar-refractivity contribution >= 4 is 11.8 Å². The van der Waals surface area contributed by atoms with Crippen LogP contribution in [0.2, 0.25) is 0 Å². The van der Waals surface area contributed by atoms with Gasteiger partial charge in [0.15, 0.2) is 0 Å². The summed E-state index contributed by atoms with van der Waals surface area (Å²) in [5, 5.41) is 0. The van der Waals surface area contributed by atoms with Gasteiger partial charge in [-0.1, -0.05) is 20.8 Å². The lowest BCUT2D eigenvalue weighted by molar-refractivity contribution is 0.308. The van der Waals surface area contributed by atoms with E-state index in [1.165, 1.54) is 5.56 Å². The fourth-order valence-electron chi connectivity index (χ4n) is 4.26. The molecule has 2 unspecified atom stereocenters. The third kappa shape index (κ3) is 3.94. The van der Waals surface area contributed by atoms with Gasteiger partial charge in [-0.15, -0.1) is 0 Å². The van der Waals surface area contributed by atoms with Crippen molar-refractivity contribution < 1.29 is 0 Å². The zero-order valence-electron chi connectivity index (χ0n) is 17.6. The molecule has 2 aliphatic heterocycles. The molecule has 0 N–H and O–H groups in total. The van der Waals surface area contributed by atoms with Gasteiger partial charge in [0.2, 0.25) is 5.95 Å². The Hall–Kier alpha value is -2.28. The summed E-state index contributed by atoms with van der Waals surface area (Å²) in [7, 11) is 3.93. The number of hydrogen-bond acceptors (Lipinski definition) is 7. The Bertz CT molecular complexity index is 798. The molecule has 0 saturated carbocycles. The Morgan fingerprint density at radius 3 is 2.18 bits per heavy atom. The highest BCUT2D eigenvalue weighted by atomic mass is 15.3. The molecule has 0 aliphatic carbocycles. The van der Waals surface area contributed by atoms with E-state index in [1.54, 1.807) is 6.33 Å². The zero-order chi connectivity index (χ0) is 19.9. The molecule has 0 amide bonds. The first-order chi connectivity index (χ1) is 13.3. The van der Waals surface area contributed by atoms with E-state index >= 15 is 0 Å². The maximum atomic E-state index is 4.55. The molecule has 7 heteroatoms. The van der Waals surface area contributed by atoms with Crippen LogP contribution < -0.4 is 9.80 Å². The average Bonchev–Trinajstić information content (AvgIpc) is 3.20. The zero-order valence-corrected chi connectivity index (χ0v) is 17.6. The van der Waals surface area contributed by atoms with E-state index < -0.39 is 0 Å². The second-order valence-corrected chi connectivity index (χ2v) is 9.42. The number of likely N-dealkylation sites (tertiary alicyclic amines) is 1. The molecule has 150 valence electrons. The Morgan fingerprint density at radius 2 is 1.61 bits per heavy atom. The lowest BCUT2D eigenvalue weighted by atomic mass is 9.92. The lowest BCUT2D eigenvalue weighted by Gasteiger charge is -2.24. The summed E-state index contributed by atoms with van der Waals surface area (Å²) in [6, 6.07) is 2.17. The van der Waals surface area contributed by atoms with Crippen molar-refractivity contribution in [3.63, 3.8) is 0 Å². The standard InChI is InChI=1S/C21H31N7/c1-21(2,3)18-6-19(25-14-24-18)28-12-16-10-27(11-17(16)13-28)9-15-7-22-20(23-8-15)26(4)5/h6-8,14,16-17H,9-13H2,1-5H3. The van der Waals surface area contributed by atoms with Gasteiger partial charge in [-0.3, -0.25) is 4.90 Å². The second-order valence-electron chi connectivity index (χ2n) is 9.42. The number of nitrogens with zero attached hydrogens (tertiary/aromatic N) is 7. The summed E-state index contributed by atoms with van der Waals surface area (Å²) in [6.45, 7) is 12.0. The predicted octanol–water partition coefficient (Wildman–Crippen LogP) is 2.20. The molecule has 4 heterocycles. The van der Waals surface area contributed by atoms with E-state index in [9.17, 15) is 0 Å². The van der Waals surface area contributed by atoms with Gasteiger partial charge in [-0.05, 0) is 11.8 Å². The molecule has 2 aromatic rings. The molecule has 2 atom stereocenters. The molecule has 2 aromatic heterocycles. The van der Waals surface area contributed by atoms with Crippen LogP contribution >= 0.6 is 0 Å². The third-order valence-electron chi connectivity index (χ3n) is 5.80. The SMILES string of the molecule is CN(C)c1ncc(CN2CC3CN(c4cc(C(C)(C)C)ncn4)CC3C2)cn1. The maximum absolute atomic E-state index is 4.55. The number of anilines is 2. The van der Waals surface area contributed by atoms with Gasteiger partial charge < -0.3 is 9.80 Å². The van der Waals surface area contributed by atoms with Crippen molar-refractivity contribution in [1.29, 1.82) is 0 Å². The Morgan fingerprint density at radius 1 is 0.964 bits per heavy atom. The van der Waals surface area contributed by atoms with E-state index in [0.29, 0.717) is 11.8 Å². The van der Waals surface area contributed by atoms with Crippen molar-refractivity contribution in [2.45, 2.75) is 32.7 Å². The van der Waals surface area contributed by atoms with Gasteiger partial charge in [0.25, 0.3) is 0 Å². The van der Waals surface area contributed by atoms with Crippen LogP contribution in [0.25, 0.3) is 0 Å². The Labute approximate surface area is 167 Å². The highest BCUT2D eigenvalue weighted by molar-refractivity contribution is 5.42. The normalized spacial score (nSPS) is 22.5. The van der Waals surface area contributed by atoms with E-state index in [0.717, 1.165) is 50.2 Å². The van der Waals surface area contributed by atoms with Crippen molar-refractivity contribution in [3.8, 4) is 0 Å². The summed E-state index contributed by atoms with van der Waals surface area (Å²) in [5.74, 6) is 3.25. The maximum Gasteiger partial charge on any atom is 0.224 e. The van der Waals surface area contributed by atoms with Crippen LogP contribution in [0.5, 0.6) is 0 Å². The molecular formula is C21H31N7. The number of fused-ring (bicyclic) bond motifs is 1. The summed E-state index contributed by atoms with van der Waals surface area (Å²) >= 11 is 0. The van der Waals surface area contributed by atoms with Crippen LogP contribution in [0.15, 0.2) is 24.8 Å². The third-order valence-corrected chi connectivity index (χ3v) is 5.80. The fraction of sp³-hybridized carbons (Fsp3) is 0.619. The van der Waals surface area contributed by atoms with E-state index in [-0.39, 0.29) is 5.41 Å². The van der Waals surface area contributed by atoms with Crippen LogP contribution in [-0.2, 0) is 12.0 Å². The van der Waals surface area contributed by atoms with Gasteiger partial charge in [0.1, 0.15) is 12.1 Å². The number of hydrogen-bond donors (Lipinski definition) is 0. The Kier molecular flexibility index (Phi) is 4.95. The molecule has 0 radical (unpaired) electrons. The van der Waals surface area contributed by atoms with Gasteiger partial charge >= 0.3 is 0 Å². The topological polar surface area (TPSA) is 61.3 Å². The summed E-state index contributed by atoms with van der Waals surface area (Å²) < 4.78 is 0. The first kappa shape index (κ1) is 19.1. The van der Waals surface area contributed by atoms with Gasteiger partial charge in [-0.25, -0.2) is 19.9 Å². The lowest BCUT2D eigenvalue weighted by Crippen LogP contribution is -2.29. The highest BCUT2D eigenvalue weighted by Crippen LogP contribution is 2.34. The molecular weight excluding hydrogens is 350 g/mol. The van der Waals surface area contributed by atoms with E-state index in [2.05, 4.69) is 56.6 Å². The molecule has 0 aromatic carbocycles.